The van der Waals surface area contributed by atoms with Gasteiger partial charge >= 0.3 is 0 Å². The van der Waals surface area contributed by atoms with Crippen LogP contribution in [0.4, 0.5) is 0 Å². The summed E-state index contributed by atoms with van der Waals surface area (Å²) in [5, 5.41) is 4.53. The minimum Gasteiger partial charge on any atom is -0.370 e. The van der Waals surface area contributed by atoms with E-state index < -0.39 is 0 Å². The van der Waals surface area contributed by atoms with Crippen LogP contribution in [0.1, 0.15) is 24.5 Å². The molecule has 24 heavy (non-hydrogen) atoms. The number of hydrogen-bond donors (Lipinski definition) is 0. The number of nitrogens with zero attached hydrogens (tertiary/aromatic N) is 4. The van der Waals surface area contributed by atoms with Crippen LogP contribution in [-0.4, -0.2) is 71.4 Å². The third-order valence-corrected chi connectivity index (χ3v) is 5.12. The molecule has 0 aromatic carbocycles. The average molecular weight is 332 g/mol. The van der Waals surface area contributed by atoms with E-state index >= 15 is 0 Å². The van der Waals surface area contributed by atoms with Crippen molar-refractivity contribution in [3.63, 3.8) is 0 Å². The Bertz CT molecular complexity index is 664. The van der Waals surface area contributed by atoms with Crippen LogP contribution in [0.25, 0.3) is 0 Å². The molecule has 0 unspecified atom stereocenters. The predicted octanol–water partition coefficient (Wildman–Crippen LogP) is -0.0887. The molecule has 1 aliphatic carbocycles. The van der Waals surface area contributed by atoms with Crippen molar-refractivity contribution in [2.45, 2.75) is 25.3 Å². The first kappa shape index (κ1) is 15.8. The molecule has 0 radical (unpaired) electrons. The molecular weight excluding hydrogens is 308 g/mol. The molecule has 1 saturated carbocycles. The summed E-state index contributed by atoms with van der Waals surface area (Å²) in [6.07, 6.45) is 2.39. The first-order valence-corrected chi connectivity index (χ1v) is 8.85. The molecule has 2 saturated heterocycles. The molecule has 0 atom stereocenters. The number of aromatic nitrogens is 2. The van der Waals surface area contributed by atoms with Gasteiger partial charge in [0, 0.05) is 50.6 Å². The Morgan fingerprint density at radius 2 is 2.00 bits per heavy atom. The molecule has 1 amide bonds. The first-order valence-electron chi connectivity index (χ1n) is 8.85. The number of carbonyl (C=O) groups excluding carboxylic acids is 1. The Balaban J connectivity index is 1.24. The van der Waals surface area contributed by atoms with Crippen molar-refractivity contribution >= 4 is 5.91 Å². The van der Waals surface area contributed by atoms with E-state index in [0.717, 1.165) is 31.9 Å². The zero-order valence-electron chi connectivity index (χ0n) is 13.9. The lowest BCUT2D eigenvalue weighted by molar-refractivity contribution is -0.143. The highest BCUT2D eigenvalue weighted by atomic mass is 16.5. The third kappa shape index (κ3) is 3.52. The molecule has 1 aromatic heterocycles. The zero-order chi connectivity index (χ0) is 16.5. The monoisotopic (exact) mass is 332 g/mol. The van der Waals surface area contributed by atoms with Crippen LogP contribution in [0.2, 0.25) is 0 Å². The molecule has 7 nitrogen and oxygen atoms in total. The maximum Gasteiger partial charge on any atom is 0.266 e. The standard InChI is InChI=1S/C17H24N4O3/c22-16-4-3-15(14-1-2-14)18-21(16)11-13-9-19(10-13)5-6-20-7-8-24-12-17(20)23/h3-4,13-14H,1-2,5-12H2. The van der Waals surface area contributed by atoms with Crippen molar-refractivity contribution in [3.8, 4) is 0 Å². The summed E-state index contributed by atoms with van der Waals surface area (Å²) in [5.74, 6) is 1.14. The molecule has 4 rings (SSSR count). The Labute approximate surface area is 141 Å². The van der Waals surface area contributed by atoms with Gasteiger partial charge in [0.2, 0.25) is 5.91 Å². The van der Waals surface area contributed by atoms with Crippen LogP contribution in [-0.2, 0) is 16.1 Å². The zero-order valence-corrected chi connectivity index (χ0v) is 13.9. The average Bonchev–Trinajstić information content (AvgIpc) is 3.37. The summed E-state index contributed by atoms with van der Waals surface area (Å²) in [5.41, 5.74) is 1.06. The lowest BCUT2D eigenvalue weighted by atomic mass is 10.0. The first-order chi connectivity index (χ1) is 11.7. The minimum absolute atomic E-state index is 0.00300. The number of likely N-dealkylation sites (tertiary alicyclic amines) is 1. The molecule has 7 heteroatoms. The van der Waals surface area contributed by atoms with Gasteiger partial charge in [-0.1, -0.05) is 0 Å². The van der Waals surface area contributed by atoms with Crippen molar-refractivity contribution in [1.29, 1.82) is 0 Å². The van der Waals surface area contributed by atoms with Gasteiger partial charge < -0.3 is 14.5 Å². The highest BCUT2D eigenvalue weighted by molar-refractivity contribution is 5.77. The largest absolute Gasteiger partial charge is 0.370 e. The van der Waals surface area contributed by atoms with Crippen LogP contribution >= 0.6 is 0 Å². The van der Waals surface area contributed by atoms with Crippen molar-refractivity contribution in [2.75, 3.05) is 45.9 Å². The maximum absolute atomic E-state index is 12.0. The van der Waals surface area contributed by atoms with Gasteiger partial charge in [0.15, 0.2) is 0 Å². The van der Waals surface area contributed by atoms with Gasteiger partial charge in [-0.05, 0) is 18.9 Å². The Morgan fingerprint density at radius 3 is 2.75 bits per heavy atom. The molecule has 2 aliphatic heterocycles. The Hall–Kier alpha value is -1.73. The summed E-state index contributed by atoms with van der Waals surface area (Å²) >= 11 is 0. The second kappa shape index (κ2) is 6.64. The minimum atomic E-state index is -0.00300. The van der Waals surface area contributed by atoms with E-state index in [4.69, 9.17) is 4.74 Å². The van der Waals surface area contributed by atoms with Crippen LogP contribution in [0, 0.1) is 5.92 Å². The van der Waals surface area contributed by atoms with Gasteiger partial charge in [0.25, 0.3) is 5.56 Å². The fourth-order valence-electron chi connectivity index (χ4n) is 3.46. The van der Waals surface area contributed by atoms with Crippen molar-refractivity contribution in [2.24, 2.45) is 5.92 Å². The highest BCUT2D eigenvalue weighted by Crippen LogP contribution is 2.38. The quantitative estimate of drug-likeness (QED) is 0.728. The number of carbonyl (C=O) groups is 1. The summed E-state index contributed by atoms with van der Waals surface area (Å²) in [6, 6.07) is 3.53. The van der Waals surface area contributed by atoms with Gasteiger partial charge in [-0.2, -0.15) is 5.10 Å². The normalized spacial score (nSPS) is 22.7. The number of ether oxygens (including phenoxy) is 1. The summed E-state index contributed by atoms with van der Waals surface area (Å²) in [4.78, 5) is 27.9. The molecule has 3 fully saturated rings. The maximum atomic E-state index is 12.0. The van der Waals surface area contributed by atoms with E-state index in [-0.39, 0.29) is 18.1 Å². The number of rotatable bonds is 6. The fourth-order valence-corrected chi connectivity index (χ4v) is 3.46. The van der Waals surface area contributed by atoms with E-state index in [9.17, 15) is 9.59 Å². The second-order valence-corrected chi connectivity index (χ2v) is 7.11. The molecule has 3 heterocycles. The fraction of sp³-hybridized carbons (Fsp3) is 0.706. The Kier molecular flexibility index (Phi) is 4.37. The number of amides is 1. The molecule has 130 valence electrons. The van der Waals surface area contributed by atoms with Crippen molar-refractivity contribution < 1.29 is 9.53 Å². The predicted molar refractivity (Wildman–Crippen MR) is 87.8 cm³/mol. The SMILES string of the molecule is O=C1COCCN1CCN1CC(Cn2nc(C3CC3)ccc2=O)C1. The van der Waals surface area contributed by atoms with E-state index in [2.05, 4.69) is 10.00 Å². The van der Waals surface area contributed by atoms with Crippen LogP contribution in [0.15, 0.2) is 16.9 Å². The highest BCUT2D eigenvalue weighted by Gasteiger charge is 2.30. The van der Waals surface area contributed by atoms with E-state index in [1.807, 2.05) is 11.0 Å². The van der Waals surface area contributed by atoms with Crippen molar-refractivity contribution in [3.05, 3.63) is 28.2 Å². The number of hydrogen-bond acceptors (Lipinski definition) is 5. The lowest BCUT2D eigenvalue weighted by Crippen LogP contribution is -2.53. The van der Waals surface area contributed by atoms with Gasteiger partial charge in [-0.15, -0.1) is 0 Å². The molecular formula is C17H24N4O3. The smallest absolute Gasteiger partial charge is 0.266 e. The summed E-state index contributed by atoms with van der Waals surface area (Å²) in [7, 11) is 0. The van der Waals surface area contributed by atoms with E-state index in [0.29, 0.717) is 31.5 Å². The lowest BCUT2D eigenvalue weighted by Gasteiger charge is -2.40. The second-order valence-electron chi connectivity index (χ2n) is 7.11. The molecule has 3 aliphatic rings. The van der Waals surface area contributed by atoms with E-state index in [1.165, 1.54) is 12.8 Å². The molecule has 0 spiro atoms. The molecule has 0 bridgehead atoms. The third-order valence-electron chi connectivity index (χ3n) is 5.12. The van der Waals surface area contributed by atoms with Crippen LogP contribution < -0.4 is 5.56 Å². The summed E-state index contributed by atoms with van der Waals surface area (Å²) in [6.45, 7) is 5.86. The summed E-state index contributed by atoms with van der Waals surface area (Å²) < 4.78 is 6.78. The molecule has 1 aromatic rings. The number of morpholine rings is 1. The van der Waals surface area contributed by atoms with Gasteiger partial charge in [0.05, 0.1) is 18.8 Å². The van der Waals surface area contributed by atoms with Gasteiger partial charge in [-0.25, -0.2) is 4.68 Å². The van der Waals surface area contributed by atoms with Crippen LogP contribution in [0.5, 0.6) is 0 Å². The van der Waals surface area contributed by atoms with Gasteiger partial charge in [0.1, 0.15) is 6.61 Å². The Morgan fingerprint density at radius 1 is 1.17 bits per heavy atom. The van der Waals surface area contributed by atoms with Gasteiger partial charge in [-0.3, -0.25) is 9.59 Å². The topological polar surface area (TPSA) is 67.7 Å². The van der Waals surface area contributed by atoms with Crippen LogP contribution in [0.3, 0.4) is 0 Å². The van der Waals surface area contributed by atoms with Crippen molar-refractivity contribution in [1.82, 2.24) is 19.6 Å². The molecule has 0 N–H and O–H groups in total. The van der Waals surface area contributed by atoms with E-state index in [1.54, 1.807) is 10.7 Å².